The Balaban J connectivity index is 0.000000689. The number of methoxy groups -OCH3 is 1. The van der Waals surface area contributed by atoms with Gasteiger partial charge in [0.1, 0.15) is 11.6 Å². The molecule has 9 heteroatoms. The maximum Gasteiger partial charge on any atom is 0.292 e. The molecule has 38 heavy (non-hydrogen) atoms. The Labute approximate surface area is 229 Å². The fraction of sp³-hybridized carbons (Fsp3) is 0.276. The van der Waals surface area contributed by atoms with E-state index in [1.165, 1.54) is 29.5 Å². The quantitative estimate of drug-likeness (QED) is 0.239. The van der Waals surface area contributed by atoms with E-state index in [-0.39, 0.29) is 11.7 Å². The number of rotatable bonds is 5. The van der Waals surface area contributed by atoms with Crippen LogP contribution in [0.3, 0.4) is 0 Å². The number of hydrogen-bond acceptors (Lipinski definition) is 6. The first kappa shape index (κ1) is 26.0. The van der Waals surface area contributed by atoms with Crippen molar-refractivity contribution in [2.24, 2.45) is 0 Å². The lowest BCUT2D eigenvalue weighted by Gasteiger charge is -2.16. The summed E-state index contributed by atoms with van der Waals surface area (Å²) in [5.74, 6) is 1.42. The molecule has 6 rings (SSSR count). The van der Waals surface area contributed by atoms with E-state index >= 15 is 0 Å². The molecular weight excluding hydrogens is 522 g/mol. The standard InChI is InChI=1S/C27H24ClN3O2S.C2H4O2/c1-15-11-25-26(34-15)14-24(20-10-8-19(13-22(20)28)33-18-5-3-4-6-18)31(25)17-7-9-21-23(12-17)29-16(2)30-27(21)32;1-4-2-3/h7-14,18H,3-6H2,1-2H3,(H,29,30,32);2H,1H3. The van der Waals surface area contributed by atoms with Gasteiger partial charge in [0.15, 0.2) is 0 Å². The van der Waals surface area contributed by atoms with Crippen molar-refractivity contribution in [3.8, 4) is 22.7 Å². The third-order valence-electron chi connectivity index (χ3n) is 6.60. The number of halogens is 1. The zero-order valence-corrected chi connectivity index (χ0v) is 23.0. The van der Waals surface area contributed by atoms with Crippen LogP contribution in [0.2, 0.25) is 5.02 Å². The van der Waals surface area contributed by atoms with Crippen molar-refractivity contribution >= 4 is 50.5 Å². The predicted molar refractivity (Wildman–Crippen MR) is 153 cm³/mol. The zero-order chi connectivity index (χ0) is 26.8. The number of ether oxygens (including phenoxy) is 2. The van der Waals surface area contributed by atoms with Crippen molar-refractivity contribution in [2.75, 3.05) is 7.11 Å². The second-order valence-corrected chi connectivity index (χ2v) is 11.0. The van der Waals surface area contributed by atoms with Gasteiger partial charge in [-0.2, -0.15) is 0 Å². The number of carbonyl (C=O) groups is 1. The van der Waals surface area contributed by atoms with E-state index in [1.807, 2.05) is 36.4 Å². The molecule has 7 nitrogen and oxygen atoms in total. The second kappa shape index (κ2) is 11.0. The lowest BCUT2D eigenvalue weighted by Crippen LogP contribution is -2.10. The van der Waals surface area contributed by atoms with Gasteiger partial charge in [0.25, 0.3) is 12.0 Å². The molecule has 1 N–H and O–H groups in total. The SMILES string of the molecule is COC=O.Cc1nc2cc(-n3c(-c4ccc(OC5CCCC5)cc4Cl)cc4sc(C)cc43)ccc2c(=O)[nH]1. The summed E-state index contributed by atoms with van der Waals surface area (Å²) < 4.78 is 13.4. The molecule has 0 radical (unpaired) electrons. The summed E-state index contributed by atoms with van der Waals surface area (Å²) in [5.41, 5.74) is 4.54. The third kappa shape index (κ3) is 5.19. The van der Waals surface area contributed by atoms with Crippen LogP contribution >= 0.6 is 22.9 Å². The van der Waals surface area contributed by atoms with Crippen molar-refractivity contribution in [3.63, 3.8) is 0 Å². The van der Waals surface area contributed by atoms with Gasteiger partial charge in [-0.3, -0.25) is 9.59 Å². The Morgan fingerprint density at radius 3 is 2.58 bits per heavy atom. The smallest absolute Gasteiger partial charge is 0.292 e. The molecule has 0 atom stereocenters. The first-order valence-corrected chi connectivity index (χ1v) is 13.6. The Bertz CT molecular complexity index is 1680. The van der Waals surface area contributed by atoms with E-state index in [2.05, 4.69) is 38.3 Å². The minimum atomic E-state index is -0.126. The van der Waals surface area contributed by atoms with Gasteiger partial charge >= 0.3 is 0 Å². The zero-order valence-electron chi connectivity index (χ0n) is 21.4. The summed E-state index contributed by atoms with van der Waals surface area (Å²) in [5, 5.41) is 1.23. The summed E-state index contributed by atoms with van der Waals surface area (Å²) in [6, 6.07) is 16.1. The molecule has 3 aromatic heterocycles. The fourth-order valence-corrected chi connectivity index (χ4v) is 6.16. The molecule has 0 amide bonds. The van der Waals surface area contributed by atoms with Crippen molar-refractivity contribution in [2.45, 2.75) is 45.6 Å². The molecule has 3 heterocycles. The van der Waals surface area contributed by atoms with Crippen molar-refractivity contribution in [1.82, 2.24) is 14.5 Å². The largest absolute Gasteiger partial charge is 0.490 e. The van der Waals surface area contributed by atoms with Gasteiger partial charge < -0.3 is 19.0 Å². The Hall–Kier alpha value is -3.62. The van der Waals surface area contributed by atoms with Crippen LogP contribution in [0.25, 0.3) is 38.1 Å². The van der Waals surface area contributed by atoms with Crippen LogP contribution in [0.5, 0.6) is 5.75 Å². The highest BCUT2D eigenvalue weighted by Crippen LogP contribution is 2.40. The van der Waals surface area contributed by atoms with E-state index in [0.717, 1.165) is 41.1 Å². The van der Waals surface area contributed by atoms with Crippen molar-refractivity contribution < 1.29 is 14.3 Å². The average molecular weight is 550 g/mol. The number of aryl methyl sites for hydroxylation is 2. The van der Waals surface area contributed by atoms with Crippen LogP contribution in [0, 0.1) is 13.8 Å². The molecule has 1 saturated carbocycles. The van der Waals surface area contributed by atoms with E-state index in [1.54, 1.807) is 18.3 Å². The normalized spacial score (nSPS) is 13.5. The first-order valence-electron chi connectivity index (χ1n) is 12.4. The molecule has 0 aliphatic heterocycles. The topological polar surface area (TPSA) is 86.2 Å². The second-order valence-electron chi connectivity index (χ2n) is 9.32. The molecule has 2 aromatic carbocycles. The molecule has 0 spiro atoms. The maximum atomic E-state index is 12.4. The van der Waals surface area contributed by atoms with Gasteiger partial charge in [0.2, 0.25) is 0 Å². The molecule has 1 fully saturated rings. The number of carbonyl (C=O) groups excluding carboxylic acids is 1. The van der Waals surface area contributed by atoms with E-state index in [0.29, 0.717) is 28.2 Å². The molecule has 196 valence electrons. The van der Waals surface area contributed by atoms with Crippen LogP contribution in [0.15, 0.2) is 53.3 Å². The number of aromatic nitrogens is 3. The summed E-state index contributed by atoms with van der Waals surface area (Å²) in [6.45, 7) is 4.28. The fourth-order valence-electron chi connectivity index (χ4n) is 4.95. The minimum absolute atomic E-state index is 0.126. The van der Waals surface area contributed by atoms with E-state index in [4.69, 9.17) is 21.1 Å². The van der Waals surface area contributed by atoms with Gasteiger partial charge in [-0.1, -0.05) is 11.6 Å². The molecular formula is C29H28ClN3O4S. The molecule has 0 saturated heterocycles. The third-order valence-corrected chi connectivity index (χ3v) is 7.90. The van der Waals surface area contributed by atoms with Crippen molar-refractivity contribution in [1.29, 1.82) is 0 Å². The van der Waals surface area contributed by atoms with E-state index in [9.17, 15) is 4.79 Å². The number of fused-ring (bicyclic) bond motifs is 2. The number of thiophene rings is 1. The summed E-state index contributed by atoms with van der Waals surface area (Å²) >= 11 is 8.58. The van der Waals surface area contributed by atoms with Gasteiger partial charge in [-0.15, -0.1) is 11.3 Å². The number of nitrogens with one attached hydrogen (secondary N) is 1. The summed E-state index contributed by atoms with van der Waals surface area (Å²) in [6.07, 6.45) is 4.96. The molecule has 1 aliphatic rings. The highest BCUT2D eigenvalue weighted by Gasteiger charge is 2.20. The maximum absolute atomic E-state index is 12.4. The van der Waals surface area contributed by atoms with Crippen LogP contribution in [0.1, 0.15) is 36.4 Å². The van der Waals surface area contributed by atoms with Crippen LogP contribution in [0.4, 0.5) is 0 Å². The predicted octanol–water partition coefficient (Wildman–Crippen LogP) is 6.98. The Kier molecular flexibility index (Phi) is 7.53. The molecule has 5 aromatic rings. The summed E-state index contributed by atoms with van der Waals surface area (Å²) in [7, 11) is 1.31. The number of nitrogens with zero attached hydrogens (tertiary/aromatic N) is 2. The van der Waals surface area contributed by atoms with Crippen LogP contribution in [-0.4, -0.2) is 34.2 Å². The first-order chi connectivity index (χ1) is 18.4. The van der Waals surface area contributed by atoms with Gasteiger partial charge in [-0.05, 0) is 88.1 Å². The summed E-state index contributed by atoms with van der Waals surface area (Å²) in [4.78, 5) is 29.9. The van der Waals surface area contributed by atoms with Gasteiger partial charge in [0, 0.05) is 16.1 Å². The minimum Gasteiger partial charge on any atom is -0.490 e. The lowest BCUT2D eigenvalue weighted by atomic mass is 10.1. The van der Waals surface area contributed by atoms with Gasteiger partial charge in [-0.25, -0.2) is 4.98 Å². The van der Waals surface area contributed by atoms with Gasteiger partial charge in [0.05, 0.1) is 45.0 Å². The Morgan fingerprint density at radius 1 is 1.11 bits per heavy atom. The number of hydrogen-bond donors (Lipinski definition) is 1. The number of aromatic amines is 1. The Morgan fingerprint density at radius 2 is 1.87 bits per heavy atom. The van der Waals surface area contributed by atoms with Crippen LogP contribution in [-0.2, 0) is 9.53 Å². The highest BCUT2D eigenvalue weighted by atomic mass is 35.5. The average Bonchev–Trinajstić information content (AvgIpc) is 3.60. The van der Waals surface area contributed by atoms with Crippen LogP contribution < -0.4 is 10.3 Å². The molecule has 1 aliphatic carbocycles. The highest BCUT2D eigenvalue weighted by molar-refractivity contribution is 7.19. The van der Waals surface area contributed by atoms with Crippen molar-refractivity contribution in [3.05, 3.63) is 74.6 Å². The number of benzene rings is 2. The number of H-pyrrole nitrogens is 1. The molecule has 0 unspecified atom stereocenters. The van der Waals surface area contributed by atoms with E-state index < -0.39 is 0 Å². The monoisotopic (exact) mass is 549 g/mol. The lowest BCUT2D eigenvalue weighted by molar-refractivity contribution is -0.126. The molecule has 0 bridgehead atoms.